The molecule has 0 aromatic heterocycles. The molecule has 1 heterocycles. The van der Waals surface area contributed by atoms with Gasteiger partial charge in [-0.15, -0.1) is 0 Å². The van der Waals surface area contributed by atoms with Gasteiger partial charge in [0.2, 0.25) is 10.0 Å². The molecule has 0 radical (unpaired) electrons. The summed E-state index contributed by atoms with van der Waals surface area (Å²) in [5.74, 6) is 0.314. The minimum atomic E-state index is -3.80. The normalized spacial score (nSPS) is 23.0. The van der Waals surface area contributed by atoms with Crippen molar-refractivity contribution in [2.24, 2.45) is 5.92 Å². The van der Waals surface area contributed by atoms with E-state index >= 15 is 0 Å². The van der Waals surface area contributed by atoms with Crippen molar-refractivity contribution >= 4 is 10.0 Å². The quantitative estimate of drug-likeness (QED) is 0.809. The Morgan fingerprint density at radius 3 is 2.48 bits per heavy atom. The van der Waals surface area contributed by atoms with Crippen LogP contribution in [0.4, 0.5) is 0 Å². The van der Waals surface area contributed by atoms with E-state index in [1.165, 1.54) is 4.31 Å². The Balaban J connectivity index is 2.14. The van der Waals surface area contributed by atoms with Gasteiger partial charge in [-0.25, -0.2) is 8.42 Å². The number of aliphatic hydroxyl groups is 1. The van der Waals surface area contributed by atoms with Crippen LogP contribution in [0.15, 0.2) is 53.4 Å². The molecular formula is C22H30N2O4S. The van der Waals surface area contributed by atoms with E-state index in [9.17, 15) is 13.5 Å². The standard InChI is InChI=1S/C22H30N2O4S/c1-16-13-24(17(2)15-25)29(26,27)22-11-10-19(18-8-6-5-7-9-18)12-20(22)28-21(16)14-23(3)4/h5-12,16-17,21,25H,13-15H2,1-4H3/t16-,17-,21-/m0/s1. The summed E-state index contributed by atoms with van der Waals surface area (Å²) in [5, 5.41) is 9.67. The summed E-state index contributed by atoms with van der Waals surface area (Å²) in [6.45, 7) is 4.45. The van der Waals surface area contributed by atoms with Crippen molar-refractivity contribution in [3.8, 4) is 16.9 Å². The number of ether oxygens (including phenoxy) is 1. The molecule has 0 saturated carbocycles. The lowest BCUT2D eigenvalue weighted by atomic mass is 10.0. The highest BCUT2D eigenvalue weighted by Gasteiger charge is 2.37. The fourth-order valence-corrected chi connectivity index (χ4v) is 5.44. The van der Waals surface area contributed by atoms with Crippen molar-refractivity contribution in [1.29, 1.82) is 0 Å². The third-order valence-corrected chi connectivity index (χ3v) is 7.34. The molecule has 1 aliphatic heterocycles. The summed E-state index contributed by atoms with van der Waals surface area (Å²) < 4.78 is 34.6. The fraction of sp³-hybridized carbons (Fsp3) is 0.455. The maximum atomic E-state index is 13.4. The largest absolute Gasteiger partial charge is 0.487 e. The summed E-state index contributed by atoms with van der Waals surface area (Å²) in [6.07, 6.45) is -0.182. The SMILES string of the molecule is C[C@H]1CN([C@@H](C)CO)S(=O)(=O)c2ccc(-c3ccccc3)cc2O[C@H]1CN(C)C. The van der Waals surface area contributed by atoms with E-state index in [1.807, 2.05) is 68.4 Å². The fourth-order valence-electron chi connectivity index (χ4n) is 3.61. The van der Waals surface area contributed by atoms with Crippen LogP contribution in [-0.2, 0) is 10.0 Å². The van der Waals surface area contributed by atoms with Gasteiger partial charge in [0, 0.05) is 25.0 Å². The van der Waals surface area contributed by atoms with E-state index in [0.717, 1.165) is 11.1 Å². The smallest absolute Gasteiger partial charge is 0.247 e. The van der Waals surface area contributed by atoms with Crippen LogP contribution in [0.5, 0.6) is 5.75 Å². The van der Waals surface area contributed by atoms with Gasteiger partial charge in [-0.3, -0.25) is 0 Å². The molecule has 0 saturated heterocycles. The van der Waals surface area contributed by atoms with E-state index in [0.29, 0.717) is 18.8 Å². The van der Waals surface area contributed by atoms with Crippen molar-refractivity contribution in [3.05, 3.63) is 48.5 Å². The maximum Gasteiger partial charge on any atom is 0.247 e. The number of hydrogen-bond donors (Lipinski definition) is 1. The number of fused-ring (bicyclic) bond motifs is 1. The van der Waals surface area contributed by atoms with Crippen molar-refractivity contribution < 1.29 is 18.3 Å². The summed E-state index contributed by atoms with van der Waals surface area (Å²) in [4.78, 5) is 2.19. The van der Waals surface area contributed by atoms with Crippen LogP contribution in [0.2, 0.25) is 0 Å². The van der Waals surface area contributed by atoms with E-state index in [-0.39, 0.29) is 23.5 Å². The molecule has 1 N–H and O–H groups in total. The van der Waals surface area contributed by atoms with E-state index in [4.69, 9.17) is 4.74 Å². The van der Waals surface area contributed by atoms with Crippen molar-refractivity contribution in [1.82, 2.24) is 9.21 Å². The summed E-state index contributed by atoms with van der Waals surface area (Å²) in [7, 11) is 0.143. The number of likely N-dealkylation sites (N-methyl/N-ethyl adjacent to an activating group) is 1. The van der Waals surface area contributed by atoms with E-state index in [1.54, 1.807) is 13.0 Å². The van der Waals surface area contributed by atoms with Gasteiger partial charge in [0.25, 0.3) is 0 Å². The molecule has 0 fully saturated rings. The molecule has 2 aromatic rings. The van der Waals surface area contributed by atoms with Crippen LogP contribution in [0.25, 0.3) is 11.1 Å². The molecule has 158 valence electrons. The molecule has 0 amide bonds. The maximum absolute atomic E-state index is 13.4. The molecule has 1 aliphatic rings. The van der Waals surface area contributed by atoms with Crippen LogP contribution in [0.1, 0.15) is 13.8 Å². The van der Waals surface area contributed by atoms with Gasteiger partial charge in [-0.1, -0.05) is 43.3 Å². The first-order valence-electron chi connectivity index (χ1n) is 9.87. The van der Waals surface area contributed by atoms with Gasteiger partial charge in [-0.05, 0) is 44.3 Å². The molecule has 3 atom stereocenters. The molecule has 0 bridgehead atoms. The monoisotopic (exact) mass is 418 g/mol. The predicted octanol–water partition coefficient (Wildman–Crippen LogP) is 2.68. The van der Waals surface area contributed by atoms with Gasteiger partial charge in [0.1, 0.15) is 16.7 Å². The second kappa shape index (κ2) is 8.83. The zero-order chi connectivity index (χ0) is 21.2. The number of nitrogens with zero attached hydrogens (tertiary/aromatic N) is 2. The Labute approximate surface area is 173 Å². The molecule has 2 aromatic carbocycles. The van der Waals surface area contributed by atoms with E-state index < -0.39 is 16.1 Å². The van der Waals surface area contributed by atoms with Gasteiger partial charge in [0.05, 0.1) is 6.61 Å². The first-order chi connectivity index (χ1) is 13.7. The Bertz CT molecular complexity index is 931. The van der Waals surface area contributed by atoms with Gasteiger partial charge >= 0.3 is 0 Å². The van der Waals surface area contributed by atoms with Gasteiger partial charge in [-0.2, -0.15) is 4.31 Å². The van der Waals surface area contributed by atoms with Crippen molar-refractivity contribution in [2.45, 2.75) is 30.9 Å². The molecule has 0 spiro atoms. The van der Waals surface area contributed by atoms with Crippen LogP contribution in [-0.4, -0.2) is 68.7 Å². The van der Waals surface area contributed by atoms with Crippen LogP contribution >= 0.6 is 0 Å². The van der Waals surface area contributed by atoms with Gasteiger partial charge in [0.15, 0.2) is 0 Å². The second-order valence-corrected chi connectivity index (χ2v) is 9.89. The van der Waals surface area contributed by atoms with Crippen LogP contribution in [0, 0.1) is 5.92 Å². The minimum absolute atomic E-state index is 0.0466. The Hall–Kier alpha value is -1.93. The number of benzene rings is 2. The highest BCUT2D eigenvalue weighted by Crippen LogP contribution is 2.36. The number of aliphatic hydroxyl groups excluding tert-OH is 1. The van der Waals surface area contributed by atoms with E-state index in [2.05, 4.69) is 0 Å². The lowest BCUT2D eigenvalue weighted by molar-refractivity contribution is 0.0813. The molecule has 29 heavy (non-hydrogen) atoms. The molecular weight excluding hydrogens is 388 g/mol. The minimum Gasteiger partial charge on any atom is -0.487 e. The summed E-state index contributed by atoms with van der Waals surface area (Å²) in [6, 6.07) is 14.5. The zero-order valence-electron chi connectivity index (χ0n) is 17.4. The van der Waals surface area contributed by atoms with Crippen molar-refractivity contribution in [3.63, 3.8) is 0 Å². The van der Waals surface area contributed by atoms with Crippen LogP contribution in [0.3, 0.4) is 0 Å². The zero-order valence-corrected chi connectivity index (χ0v) is 18.3. The average molecular weight is 419 g/mol. The van der Waals surface area contributed by atoms with Gasteiger partial charge < -0.3 is 14.7 Å². The Morgan fingerprint density at radius 1 is 1.17 bits per heavy atom. The number of sulfonamides is 1. The highest BCUT2D eigenvalue weighted by atomic mass is 32.2. The Kier molecular flexibility index (Phi) is 6.63. The third kappa shape index (κ3) is 4.64. The van der Waals surface area contributed by atoms with Crippen LogP contribution < -0.4 is 4.74 Å². The number of hydrogen-bond acceptors (Lipinski definition) is 5. The topological polar surface area (TPSA) is 70.1 Å². The lowest BCUT2D eigenvalue weighted by Gasteiger charge is -2.37. The molecule has 7 heteroatoms. The molecule has 6 nitrogen and oxygen atoms in total. The van der Waals surface area contributed by atoms with Crippen molar-refractivity contribution in [2.75, 3.05) is 33.8 Å². The lowest BCUT2D eigenvalue weighted by Crippen LogP contribution is -2.49. The second-order valence-electron chi connectivity index (χ2n) is 8.03. The summed E-state index contributed by atoms with van der Waals surface area (Å²) in [5.41, 5.74) is 1.90. The Morgan fingerprint density at radius 2 is 1.86 bits per heavy atom. The summed E-state index contributed by atoms with van der Waals surface area (Å²) >= 11 is 0. The molecule has 3 rings (SSSR count). The predicted molar refractivity (Wildman–Crippen MR) is 114 cm³/mol. The highest BCUT2D eigenvalue weighted by molar-refractivity contribution is 7.89. The number of rotatable bonds is 5. The average Bonchev–Trinajstić information content (AvgIpc) is 2.70. The third-order valence-electron chi connectivity index (χ3n) is 5.32. The molecule has 0 unspecified atom stereocenters. The molecule has 0 aliphatic carbocycles. The first-order valence-corrected chi connectivity index (χ1v) is 11.3. The first kappa shape index (κ1) is 21.8.